The molecule has 0 radical (unpaired) electrons. The number of halogens is 2. The highest BCUT2D eigenvalue weighted by Gasteiger charge is 2.35. The molecule has 4 heterocycles. The Kier molecular flexibility index (Phi) is 10.1. The molecule has 0 spiro atoms. The summed E-state index contributed by atoms with van der Waals surface area (Å²) < 4.78 is 4.96. The molecule has 3 N–H and O–H groups in total. The molecular formula is C24H30Cl2N4O6. The number of hydrogen-bond donors (Lipinski definition) is 3. The quantitative estimate of drug-likeness (QED) is 0.485. The van der Waals surface area contributed by atoms with Crippen LogP contribution in [0.4, 0.5) is 11.6 Å². The van der Waals surface area contributed by atoms with Crippen molar-refractivity contribution in [1.29, 1.82) is 0 Å². The molecular weight excluding hydrogens is 511 g/mol. The highest BCUT2D eigenvalue weighted by atomic mass is 35.5. The lowest BCUT2D eigenvalue weighted by Gasteiger charge is -2.35. The predicted octanol–water partition coefficient (Wildman–Crippen LogP) is 2.49. The summed E-state index contributed by atoms with van der Waals surface area (Å²) in [7, 11) is 0. The monoisotopic (exact) mass is 540 g/mol. The molecule has 2 aromatic heterocycles. The number of pyridine rings is 2. The Bertz CT molecular complexity index is 1050. The van der Waals surface area contributed by atoms with E-state index in [1.807, 2.05) is 9.80 Å². The van der Waals surface area contributed by atoms with E-state index in [2.05, 4.69) is 9.97 Å². The number of aliphatic carboxylic acids is 1. The second-order valence-corrected chi connectivity index (χ2v) is 9.34. The zero-order chi connectivity index (χ0) is 26.2. The molecule has 10 nitrogen and oxygen atoms in total. The maximum Gasteiger partial charge on any atom is 0.311 e. The van der Waals surface area contributed by atoms with Crippen LogP contribution in [0.25, 0.3) is 0 Å². The number of carbonyl (C=O) groups excluding carboxylic acids is 1. The van der Waals surface area contributed by atoms with Crippen molar-refractivity contribution in [2.24, 2.45) is 11.8 Å². The number of piperidine rings is 2. The van der Waals surface area contributed by atoms with E-state index < -0.39 is 30.0 Å². The van der Waals surface area contributed by atoms with Gasteiger partial charge in [0.25, 0.3) is 0 Å². The van der Waals surface area contributed by atoms with E-state index >= 15 is 0 Å². The fourth-order valence-corrected chi connectivity index (χ4v) is 4.76. The van der Waals surface area contributed by atoms with Crippen LogP contribution >= 0.6 is 23.2 Å². The van der Waals surface area contributed by atoms with Gasteiger partial charge < -0.3 is 29.9 Å². The minimum absolute atomic E-state index is 0.244. The first-order valence-corrected chi connectivity index (χ1v) is 12.4. The van der Waals surface area contributed by atoms with Crippen LogP contribution in [0, 0.1) is 11.8 Å². The van der Waals surface area contributed by atoms with Crippen LogP contribution in [0.3, 0.4) is 0 Å². The number of aliphatic hydroxyl groups is 2. The third-order valence-electron chi connectivity index (χ3n) is 6.15. The van der Waals surface area contributed by atoms with E-state index in [0.717, 1.165) is 0 Å². The molecule has 2 aliphatic rings. The number of β-amino-alcohol motifs (C(OH)–C–C–N with tert-alkyl or cyclic N) is 2. The highest BCUT2D eigenvalue weighted by Crippen LogP contribution is 2.29. The van der Waals surface area contributed by atoms with Crippen LogP contribution in [0.2, 0.25) is 10.0 Å². The third kappa shape index (κ3) is 6.97. The molecule has 2 aromatic rings. The summed E-state index contributed by atoms with van der Waals surface area (Å²) in [5, 5.41) is 29.8. The first-order chi connectivity index (χ1) is 17.2. The Balaban J connectivity index is 0.000000202. The minimum atomic E-state index is -0.954. The Morgan fingerprint density at radius 2 is 1.42 bits per heavy atom. The molecule has 0 bridgehead atoms. The van der Waals surface area contributed by atoms with E-state index in [1.54, 1.807) is 43.6 Å². The number of aromatic nitrogens is 2. The average Bonchev–Trinajstić information content (AvgIpc) is 2.85. The number of ether oxygens (including phenoxy) is 1. The van der Waals surface area contributed by atoms with Crippen LogP contribution in [0.5, 0.6) is 0 Å². The first-order valence-electron chi connectivity index (χ1n) is 11.7. The maximum atomic E-state index is 11.7. The second kappa shape index (κ2) is 13.0. The summed E-state index contributed by atoms with van der Waals surface area (Å²) in [5.74, 6) is -1.21. The van der Waals surface area contributed by atoms with Crippen molar-refractivity contribution < 1.29 is 29.6 Å². The molecule has 0 aromatic carbocycles. The van der Waals surface area contributed by atoms with Crippen molar-refractivity contribution in [3.05, 3.63) is 46.7 Å². The molecule has 2 fully saturated rings. The second-order valence-electron chi connectivity index (χ2n) is 8.53. The molecule has 2 aliphatic heterocycles. The van der Waals surface area contributed by atoms with Crippen LogP contribution in [-0.2, 0) is 14.3 Å². The van der Waals surface area contributed by atoms with Crippen molar-refractivity contribution in [3.63, 3.8) is 0 Å². The predicted molar refractivity (Wildman–Crippen MR) is 135 cm³/mol. The summed E-state index contributed by atoms with van der Waals surface area (Å²) in [6, 6.07) is 6.97. The number of aliphatic hydroxyl groups excluding tert-OH is 2. The van der Waals surface area contributed by atoms with Gasteiger partial charge >= 0.3 is 11.9 Å². The summed E-state index contributed by atoms with van der Waals surface area (Å²) in [6.45, 7) is 3.82. The summed E-state index contributed by atoms with van der Waals surface area (Å²) in [4.78, 5) is 34.6. The van der Waals surface area contributed by atoms with Gasteiger partial charge in [0.2, 0.25) is 0 Å². The van der Waals surface area contributed by atoms with Gasteiger partial charge in [-0.3, -0.25) is 9.59 Å². The number of esters is 1. The SMILES string of the molecule is CCOC(=O)C1CCN(c2ncccc2Cl)CC1O.O=C(O)C1CCN(c2ncccc2Cl)CC1O. The fourth-order valence-electron chi connectivity index (χ4n) is 4.28. The van der Waals surface area contributed by atoms with Crippen LogP contribution in [0.1, 0.15) is 19.8 Å². The van der Waals surface area contributed by atoms with Gasteiger partial charge in [0.1, 0.15) is 11.6 Å². The Labute approximate surface area is 219 Å². The number of carbonyl (C=O) groups is 2. The van der Waals surface area contributed by atoms with Gasteiger partial charge in [0.15, 0.2) is 0 Å². The van der Waals surface area contributed by atoms with E-state index in [-0.39, 0.29) is 12.5 Å². The fraction of sp³-hybridized carbons (Fsp3) is 0.500. The van der Waals surface area contributed by atoms with Crippen molar-refractivity contribution >= 4 is 46.8 Å². The molecule has 196 valence electrons. The number of anilines is 2. The summed E-state index contributed by atoms with van der Waals surface area (Å²) in [6.07, 6.45) is 2.56. The minimum Gasteiger partial charge on any atom is -0.481 e. The molecule has 0 amide bonds. The van der Waals surface area contributed by atoms with Crippen LogP contribution < -0.4 is 9.80 Å². The summed E-state index contributed by atoms with van der Waals surface area (Å²) in [5.41, 5.74) is 0. The largest absolute Gasteiger partial charge is 0.481 e. The first kappa shape index (κ1) is 27.9. The zero-order valence-electron chi connectivity index (χ0n) is 19.8. The Hall–Kier alpha value is -2.66. The molecule has 36 heavy (non-hydrogen) atoms. The van der Waals surface area contributed by atoms with Gasteiger partial charge in [-0.05, 0) is 44.0 Å². The van der Waals surface area contributed by atoms with Gasteiger partial charge in [-0.1, -0.05) is 23.2 Å². The van der Waals surface area contributed by atoms with E-state index in [1.165, 1.54) is 0 Å². The van der Waals surface area contributed by atoms with E-state index in [9.17, 15) is 19.8 Å². The molecule has 4 unspecified atom stereocenters. The smallest absolute Gasteiger partial charge is 0.311 e. The lowest BCUT2D eigenvalue weighted by atomic mass is 9.94. The van der Waals surface area contributed by atoms with Gasteiger partial charge in [-0.2, -0.15) is 0 Å². The molecule has 0 aliphatic carbocycles. The van der Waals surface area contributed by atoms with Crippen molar-refractivity contribution in [2.75, 3.05) is 42.6 Å². The average molecular weight is 541 g/mol. The van der Waals surface area contributed by atoms with E-state index in [0.29, 0.717) is 60.8 Å². The standard InChI is InChI=1S/C13H17ClN2O3.C11H13ClN2O3/c1-2-19-13(18)9-5-7-16(8-11(9)17)12-10(14)4-3-6-15-12;12-8-2-1-4-13-10(8)14-5-3-7(11(16)17)9(15)6-14/h3-4,6,9,11,17H,2,5,7-8H2,1H3;1-2,4,7,9,15H,3,5-6H2,(H,16,17). The Morgan fingerprint density at radius 1 is 0.944 bits per heavy atom. The number of hydrogen-bond acceptors (Lipinski definition) is 9. The topological polar surface area (TPSA) is 136 Å². The zero-order valence-corrected chi connectivity index (χ0v) is 21.3. The molecule has 4 rings (SSSR count). The number of nitrogens with zero attached hydrogens (tertiary/aromatic N) is 4. The molecule has 0 saturated carbocycles. The normalized spacial score (nSPS) is 23.9. The van der Waals surface area contributed by atoms with Crippen LogP contribution in [-0.4, -0.2) is 82.2 Å². The lowest BCUT2D eigenvalue weighted by molar-refractivity contribution is -0.152. The van der Waals surface area contributed by atoms with Crippen LogP contribution in [0.15, 0.2) is 36.7 Å². The Morgan fingerprint density at radius 3 is 1.81 bits per heavy atom. The lowest BCUT2D eigenvalue weighted by Crippen LogP contribution is -2.47. The number of carboxylic acids is 1. The van der Waals surface area contributed by atoms with Crippen molar-refractivity contribution in [2.45, 2.75) is 32.0 Å². The molecule has 2 saturated heterocycles. The molecule has 12 heteroatoms. The van der Waals surface area contributed by atoms with Crippen molar-refractivity contribution in [3.8, 4) is 0 Å². The third-order valence-corrected chi connectivity index (χ3v) is 6.74. The number of carboxylic acid groups (broad SMARTS) is 1. The van der Waals surface area contributed by atoms with Gasteiger partial charge in [-0.15, -0.1) is 0 Å². The van der Waals surface area contributed by atoms with E-state index in [4.69, 9.17) is 33.0 Å². The summed E-state index contributed by atoms with van der Waals surface area (Å²) >= 11 is 12.1. The van der Waals surface area contributed by atoms with Gasteiger partial charge in [-0.25, -0.2) is 9.97 Å². The maximum absolute atomic E-state index is 11.7. The highest BCUT2D eigenvalue weighted by molar-refractivity contribution is 6.33. The van der Waals surface area contributed by atoms with Gasteiger partial charge in [0, 0.05) is 38.6 Å². The van der Waals surface area contributed by atoms with Crippen molar-refractivity contribution in [1.82, 2.24) is 9.97 Å². The number of rotatable bonds is 5. The molecule has 4 atom stereocenters. The van der Waals surface area contributed by atoms with Gasteiger partial charge in [0.05, 0.1) is 40.7 Å².